The highest BCUT2D eigenvalue weighted by atomic mass is 32.2. The van der Waals surface area contributed by atoms with Crippen molar-refractivity contribution in [3.63, 3.8) is 0 Å². The first-order valence-corrected chi connectivity index (χ1v) is 18.6. The number of thiocarbonyl (C=S) groups is 1. The van der Waals surface area contributed by atoms with Gasteiger partial charge in [0, 0.05) is 77.7 Å². The van der Waals surface area contributed by atoms with Crippen LogP contribution in [0.15, 0.2) is 72.8 Å². The Balaban J connectivity index is 1.58. The van der Waals surface area contributed by atoms with E-state index >= 15 is 0 Å². The average Bonchev–Trinajstić information content (AvgIpc) is 3.58. The average molecular weight is 722 g/mol. The third-order valence-electron chi connectivity index (χ3n) is 8.29. The summed E-state index contributed by atoms with van der Waals surface area (Å²) in [4.78, 5) is 34.1. The summed E-state index contributed by atoms with van der Waals surface area (Å²) >= 11 is 6.96. The number of nitrogens with two attached hydrogens (primary N) is 1. The molecule has 3 aromatic carbocycles. The number of hydrogen-bond acceptors (Lipinski definition) is 11. The zero-order valence-corrected chi connectivity index (χ0v) is 30.8. The van der Waals surface area contributed by atoms with E-state index < -0.39 is 0 Å². The second-order valence-corrected chi connectivity index (χ2v) is 13.6. The van der Waals surface area contributed by atoms with Crippen LogP contribution >= 0.6 is 24.0 Å². The lowest BCUT2D eigenvalue weighted by Gasteiger charge is -2.27. The van der Waals surface area contributed by atoms with Crippen LogP contribution in [-0.4, -0.2) is 123 Å². The van der Waals surface area contributed by atoms with E-state index in [0.29, 0.717) is 41.6 Å². The van der Waals surface area contributed by atoms with Crippen molar-refractivity contribution >= 4 is 40.1 Å². The van der Waals surface area contributed by atoms with E-state index in [1.807, 2.05) is 74.8 Å². The molecule has 0 aliphatic carbocycles. The number of nitrogens with zero attached hydrogens (tertiary/aromatic N) is 3. The summed E-state index contributed by atoms with van der Waals surface area (Å²) in [6.45, 7) is 8.61. The molecule has 0 bridgehead atoms. The maximum atomic E-state index is 13.9. The lowest BCUT2D eigenvalue weighted by Crippen LogP contribution is -2.44. The third kappa shape index (κ3) is 12.0. The molecule has 1 fully saturated rings. The van der Waals surface area contributed by atoms with Crippen molar-refractivity contribution in [3.05, 3.63) is 95.1 Å². The van der Waals surface area contributed by atoms with Gasteiger partial charge >= 0.3 is 0 Å². The van der Waals surface area contributed by atoms with Crippen LogP contribution in [-0.2, 0) is 13.2 Å². The summed E-state index contributed by atoms with van der Waals surface area (Å²) in [6, 6.07) is 22.7. The monoisotopic (exact) mass is 721 g/mol. The molecule has 0 saturated carbocycles. The van der Waals surface area contributed by atoms with Crippen LogP contribution in [0.1, 0.15) is 31.8 Å². The van der Waals surface area contributed by atoms with Crippen LogP contribution in [0.2, 0.25) is 0 Å². The second-order valence-electron chi connectivity index (χ2n) is 11.9. The molecule has 0 radical (unpaired) electrons. The highest BCUT2D eigenvalue weighted by Gasteiger charge is 2.31. The molecular formula is C37H51N7O4S2. The molecule has 270 valence electrons. The Morgan fingerprint density at radius 3 is 1.80 bits per heavy atom. The predicted molar refractivity (Wildman–Crippen MR) is 206 cm³/mol. The van der Waals surface area contributed by atoms with Crippen LogP contribution in [0.25, 0.3) is 0 Å². The van der Waals surface area contributed by atoms with Gasteiger partial charge in [-0.25, -0.2) is 0 Å². The van der Waals surface area contributed by atoms with Crippen molar-refractivity contribution in [1.82, 2.24) is 30.7 Å². The molecule has 0 aromatic heterocycles. The number of amides is 2. The molecule has 0 spiro atoms. The lowest BCUT2D eigenvalue weighted by molar-refractivity contribution is 0.0852. The number of thioether (sulfide) groups is 1. The molecule has 11 nitrogen and oxygen atoms in total. The highest BCUT2D eigenvalue weighted by Crippen LogP contribution is 2.38. The molecule has 4 rings (SSSR count). The standard InChI is InChI=1S/C37H51N7O4S2/c1-39-16-20-42(19-15-38)23-24-43(21-17-40-2)22-18-41-35(45)31-13-14-32(36(46)44-25-26-50-37(44)49)34(48-28-30-11-7-4-8-12-30)33(31)47-27-29-9-5-3-6-10-29/h3-14,39-40H,15-28,38H2,1-2H3,(H,41,45). The minimum atomic E-state index is -0.309. The Labute approximate surface area is 306 Å². The molecule has 0 atom stereocenters. The zero-order chi connectivity index (χ0) is 35.6. The molecule has 3 aromatic rings. The van der Waals surface area contributed by atoms with Gasteiger partial charge in [-0.3, -0.25) is 24.3 Å². The van der Waals surface area contributed by atoms with Crippen molar-refractivity contribution in [2.45, 2.75) is 13.2 Å². The second kappa shape index (κ2) is 21.6. The Hall–Kier alpha value is -3.56. The molecule has 1 aliphatic rings. The fraction of sp³-hybridized carbons (Fsp3) is 0.432. The van der Waals surface area contributed by atoms with Crippen molar-refractivity contribution < 1.29 is 19.1 Å². The molecule has 13 heteroatoms. The fourth-order valence-electron chi connectivity index (χ4n) is 5.48. The van der Waals surface area contributed by atoms with Crippen molar-refractivity contribution in [2.24, 2.45) is 5.73 Å². The predicted octanol–water partition coefficient (Wildman–Crippen LogP) is 3.05. The van der Waals surface area contributed by atoms with Crippen LogP contribution in [0.4, 0.5) is 0 Å². The summed E-state index contributed by atoms with van der Waals surface area (Å²) < 4.78 is 13.3. The highest BCUT2D eigenvalue weighted by molar-refractivity contribution is 8.23. The molecule has 1 saturated heterocycles. The summed E-state index contributed by atoms with van der Waals surface area (Å²) in [5, 5.41) is 9.54. The molecule has 1 heterocycles. The maximum absolute atomic E-state index is 13.9. The van der Waals surface area contributed by atoms with Gasteiger partial charge in [-0.2, -0.15) is 0 Å². The van der Waals surface area contributed by atoms with Gasteiger partial charge in [-0.15, -0.1) is 0 Å². The zero-order valence-electron chi connectivity index (χ0n) is 29.2. The minimum Gasteiger partial charge on any atom is -0.484 e. The van der Waals surface area contributed by atoms with Gasteiger partial charge in [0.05, 0.1) is 11.1 Å². The van der Waals surface area contributed by atoms with E-state index in [9.17, 15) is 9.59 Å². The van der Waals surface area contributed by atoms with E-state index in [1.165, 1.54) is 11.8 Å². The van der Waals surface area contributed by atoms with E-state index in [-0.39, 0.29) is 36.5 Å². The van der Waals surface area contributed by atoms with E-state index in [2.05, 4.69) is 25.8 Å². The maximum Gasteiger partial charge on any atom is 0.263 e. The first-order chi connectivity index (χ1) is 24.4. The number of benzene rings is 3. The normalized spacial score (nSPS) is 12.9. The van der Waals surface area contributed by atoms with Crippen molar-refractivity contribution in [3.8, 4) is 11.5 Å². The first-order valence-electron chi connectivity index (χ1n) is 17.2. The third-order valence-corrected chi connectivity index (χ3v) is 9.72. The Morgan fingerprint density at radius 1 is 0.760 bits per heavy atom. The number of rotatable bonds is 22. The van der Waals surface area contributed by atoms with Gasteiger partial charge in [0.25, 0.3) is 11.8 Å². The van der Waals surface area contributed by atoms with E-state index in [0.717, 1.165) is 62.7 Å². The Morgan fingerprint density at radius 2 is 1.28 bits per heavy atom. The molecule has 1 aliphatic heterocycles. The first kappa shape index (κ1) is 39.2. The molecule has 50 heavy (non-hydrogen) atoms. The molecular weight excluding hydrogens is 671 g/mol. The molecule has 5 N–H and O–H groups in total. The number of likely N-dealkylation sites (N-methyl/N-ethyl adjacent to an activating group) is 2. The largest absolute Gasteiger partial charge is 0.484 e. The van der Waals surface area contributed by atoms with Crippen LogP contribution in [0, 0.1) is 0 Å². The van der Waals surface area contributed by atoms with Gasteiger partial charge < -0.3 is 31.2 Å². The molecule has 2 amide bonds. The number of carbonyl (C=O) groups excluding carboxylic acids is 2. The van der Waals surface area contributed by atoms with E-state index in [1.54, 1.807) is 17.0 Å². The summed E-state index contributed by atoms with van der Waals surface area (Å²) in [6.07, 6.45) is 0. The topological polar surface area (TPSA) is 124 Å². The lowest BCUT2D eigenvalue weighted by atomic mass is 10.1. The van der Waals surface area contributed by atoms with Crippen LogP contribution in [0.3, 0.4) is 0 Å². The van der Waals surface area contributed by atoms with Gasteiger partial charge in [0.15, 0.2) is 11.5 Å². The number of ether oxygens (including phenoxy) is 2. The fourth-order valence-corrected chi connectivity index (χ4v) is 6.68. The van der Waals surface area contributed by atoms with Crippen molar-refractivity contribution in [2.75, 3.05) is 91.8 Å². The van der Waals surface area contributed by atoms with Crippen LogP contribution < -0.4 is 31.2 Å². The van der Waals surface area contributed by atoms with Gasteiger partial charge in [-0.05, 0) is 37.4 Å². The van der Waals surface area contributed by atoms with Gasteiger partial charge in [-0.1, -0.05) is 84.6 Å². The van der Waals surface area contributed by atoms with Gasteiger partial charge in [0.2, 0.25) is 0 Å². The smallest absolute Gasteiger partial charge is 0.263 e. The number of carbonyl (C=O) groups is 2. The Bertz CT molecular complexity index is 1500. The number of nitrogens with one attached hydrogen (secondary N) is 3. The number of hydrogen-bond donors (Lipinski definition) is 4. The Kier molecular flexibility index (Phi) is 17.0. The van der Waals surface area contributed by atoms with Crippen molar-refractivity contribution in [1.29, 1.82) is 0 Å². The SMILES string of the molecule is CNCCN(CCN)CCN(CCNC)CCNC(=O)c1ccc(C(=O)N2CCSC2=S)c(OCc2ccccc2)c1OCc1ccccc1. The summed E-state index contributed by atoms with van der Waals surface area (Å²) in [5.74, 6) is 0.586. The van der Waals surface area contributed by atoms with E-state index in [4.69, 9.17) is 27.4 Å². The summed E-state index contributed by atoms with van der Waals surface area (Å²) in [5.41, 5.74) is 8.29. The quantitative estimate of drug-likeness (QED) is 0.115. The van der Waals surface area contributed by atoms with Crippen LogP contribution in [0.5, 0.6) is 11.5 Å². The molecule has 0 unspecified atom stereocenters. The minimum absolute atomic E-state index is 0.184. The summed E-state index contributed by atoms with van der Waals surface area (Å²) in [7, 11) is 3.89. The van der Waals surface area contributed by atoms with Gasteiger partial charge in [0.1, 0.15) is 17.5 Å².